The Kier molecular flexibility index (Phi) is 1.50. The van der Waals surface area contributed by atoms with Gasteiger partial charge >= 0.3 is 0 Å². The van der Waals surface area contributed by atoms with E-state index in [4.69, 9.17) is 0 Å². The Morgan fingerprint density at radius 1 is 0.882 bits per heavy atom. The van der Waals surface area contributed by atoms with E-state index >= 15 is 0 Å². The number of aromatic amines is 1. The number of aromatic nitrogens is 5. The molecule has 0 bridgehead atoms. The number of pyridine rings is 1. The van der Waals surface area contributed by atoms with Gasteiger partial charge in [0.2, 0.25) is 0 Å². The lowest BCUT2D eigenvalue weighted by atomic mass is 10.1. The van der Waals surface area contributed by atoms with Crippen molar-refractivity contribution in [2.75, 3.05) is 0 Å². The van der Waals surface area contributed by atoms with Gasteiger partial charge in [0, 0.05) is 23.2 Å². The Labute approximate surface area is 95.6 Å². The van der Waals surface area contributed by atoms with Crippen LogP contribution in [0.4, 0.5) is 0 Å². The number of hydrogen-bond acceptors (Lipinski definition) is 4. The number of rotatable bonds is 0. The van der Waals surface area contributed by atoms with E-state index in [1.54, 1.807) is 18.9 Å². The summed E-state index contributed by atoms with van der Waals surface area (Å²) in [6, 6.07) is 3.97. The van der Waals surface area contributed by atoms with Gasteiger partial charge in [-0.1, -0.05) is 0 Å². The van der Waals surface area contributed by atoms with Crippen LogP contribution >= 0.6 is 0 Å². The largest absolute Gasteiger partial charge is 0.359 e. The standard InChI is InChI=1S/C12H7N5/c1-2-7-9-8(4-13-5-15-9)11-12(17-6-16-11)10(7)14-3-1/h1-6,14H. The topological polar surface area (TPSA) is 67.3 Å². The molecular weight excluding hydrogens is 214 g/mol. The molecule has 80 valence electrons. The first-order valence-electron chi connectivity index (χ1n) is 5.24. The van der Waals surface area contributed by atoms with Crippen molar-refractivity contribution in [3.63, 3.8) is 0 Å². The summed E-state index contributed by atoms with van der Waals surface area (Å²) in [6.07, 6.45) is 6.78. The number of nitrogens with zero attached hydrogens (tertiary/aromatic N) is 4. The van der Waals surface area contributed by atoms with Crippen LogP contribution in [0.2, 0.25) is 0 Å². The first-order chi connectivity index (χ1) is 8.45. The van der Waals surface area contributed by atoms with Gasteiger partial charge in [-0.25, -0.2) is 19.9 Å². The summed E-state index contributed by atoms with van der Waals surface area (Å²) in [5.41, 5.74) is 3.57. The Bertz CT molecular complexity index is 779. The lowest BCUT2D eigenvalue weighted by Crippen LogP contribution is -1.88. The molecule has 5 nitrogen and oxygen atoms in total. The van der Waals surface area contributed by atoms with Gasteiger partial charge in [-0.15, -0.1) is 0 Å². The number of imidazole rings is 1. The van der Waals surface area contributed by atoms with E-state index in [2.05, 4.69) is 24.9 Å². The van der Waals surface area contributed by atoms with Crippen LogP contribution in [0.25, 0.3) is 32.8 Å². The molecule has 1 aromatic carbocycles. The summed E-state index contributed by atoms with van der Waals surface area (Å²) in [4.78, 5) is 20.2. The van der Waals surface area contributed by atoms with Gasteiger partial charge in [0.1, 0.15) is 23.7 Å². The van der Waals surface area contributed by atoms with Crippen molar-refractivity contribution in [1.29, 1.82) is 0 Å². The SMILES string of the molecule is c1c[nH]c2c(c1)c1ncncc1c1ncnc12. The minimum atomic E-state index is 0.843. The van der Waals surface area contributed by atoms with Crippen LogP contribution in [0.5, 0.6) is 0 Å². The van der Waals surface area contributed by atoms with Crippen LogP contribution in [0.3, 0.4) is 0 Å². The molecule has 0 spiro atoms. The molecule has 3 heterocycles. The molecule has 4 aromatic rings. The fourth-order valence-corrected chi connectivity index (χ4v) is 2.19. The molecule has 0 aliphatic rings. The number of nitrogens with one attached hydrogen (secondary N) is 1. The van der Waals surface area contributed by atoms with Crippen LogP contribution in [0, 0.1) is 0 Å². The highest BCUT2D eigenvalue weighted by Crippen LogP contribution is 2.29. The second kappa shape index (κ2) is 2.98. The van der Waals surface area contributed by atoms with Crippen LogP contribution in [-0.2, 0) is 0 Å². The van der Waals surface area contributed by atoms with Crippen molar-refractivity contribution in [2.45, 2.75) is 0 Å². The summed E-state index contributed by atoms with van der Waals surface area (Å²) in [5, 5.41) is 1.98. The van der Waals surface area contributed by atoms with Crippen molar-refractivity contribution >= 4 is 32.8 Å². The number of fused-ring (bicyclic) bond motifs is 6. The van der Waals surface area contributed by atoms with Gasteiger partial charge in [0.05, 0.1) is 11.0 Å². The van der Waals surface area contributed by atoms with E-state index in [1.165, 1.54) is 0 Å². The molecule has 0 amide bonds. The van der Waals surface area contributed by atoms with Gasteiger partial charge < -0.3 is 4.98 Å². The Balaban J connectivity index is 2.48. The maximum Gasteiger partial charge on any atom is 0.117 e. The third-order valence-corrected chi connectivity index (χ3v) is 2.91. The van der Waals surface area contributed by atoms with Crippen molar-refractivity contribution in [3.8, 4) is 0 Å². The minimum absolute atomic E-state index is 0.843. The fraction of sp³-hybridized carbons (Fsp3) is 0. The van der Waals surface area contributed by atoms with Crippen molar-refractivity contribution in [1.82, 2.24) is 24.9 Å². The van der Waals surface area contributed by atoms with Gasteiger partial charge in [0.25, 0.3) is 0 Å². The average molecular weight is 221 g/mol. The van der Waals surface area contributed by atoms with E-state index in [0.29, 0.717) is 0 Å². The molecule has 1 N–H and O–H groups in total. The average Bonchev–Trinajstić information content (AvgIpc) is 2.89. The third kappa shape index (κ3) is 1.02. The Morgan fingerprint density at radius 3 is 2.76 bits per heavy atom. The molecule has 0 unspecified atom stereocenters. The monoisotopic (exact) mass is 221 g/mol. The van der Waals surface area contributed by atoms with Gasteiger partial charge in [0.15, 0.2) is 0 Å². The molecule has 0 aliphatic heterocycles. The lowest BCUT2D eigenvalue weighted by Gasteiger charge is -2.03. The highest BCUT2D eigenvalue weighted by Gasteiger charge is 2.11. The molecule has 0 radical (unpaired) electrons. The summed E-state index contributed by atoms with van der Waals surface area (Å²) >= 11 is 0. The van der Waals surface area contributed by atoms with Crippen molar-refractivity contribution in [2.24, 2.45) is 0 Å². The predicted molar refractivity (Wildman–Crippen MR) is 64.5 cm³/mol. The van der Waals surface area contributed by atoms with Gasteiger partial charge in [-0.05, 0) is 12.1 Å². The van der Waals surface area contributed by atoms with E-state index in [0.717, 1.165) is 32.8 Å². The Hall–Kier alpha value is -2.56. The second-order valence-corrected chi connectivity index (χ2v) is 3.81. The van der Waals surface area contributed by atoms with Crippen LogP contribution in [0.15, 0.2) is 37.2 Å². The van der Waals surface area contributed by atoms with E-state index in [9.17, 15) is 0 Å². The number of hydrogen-bond donors (Lipinski definition) is 1. The first kappa shape index (κ1) is 8.58. The molecule has 4 rings (SSSR count). The first-order valence-corrected chi connectivity index (χ1v) is 5.24. The highest BCUT2D eigenvalue weighted by molar-refractivity contribution is 6.20. The zero-order valence-corrected chi connectivity index (χ0v) is 8.75. The normalized spacial score (nSPS) is 11.5. The molecule has 0 saturated heterocycles. The summed E-state index contributed by atoms with van der Waals surface area (Å²) in [5.74, 6) is 0. The zero-order chi connectivity index (χ0) is 11.2. The summed E-state index contributed by atoms with van der Waals surface area (Å²) in [7, 11) is 0. The second-order valence-electron chi connectivity index (χ2n) is 3.81. The molecule has 0 fully saturated rings. The molecule has 3 aromatic heterocycles. The molecule has 0 atom stereocenters. The van der Waals surface area contributed by atoms with Crippen LogP contribution < -0.4 is 0 Å². The molecular formula is C12H7N5. The van der Waals surface area contributed by atoms with Gasteiger partial charge in [-0.3, -0.25) is 0 Å². The minimum Gasteiger partial charge on any atom is -0.359 e. The quantitative estimate of drug-likeness (QED) is 0.461. The molecule has 0 aliphatic carbocycles. The van der Waals surface area contributed by atoms with Crippen LogP contribution in [-0.4, -0.2) is 24.9 Å². The summed E-state index contributed by atoms with van der Waals surface area (Å²) in [6.45, 7) is 0. The van der Waals surface area contributed by atoms with E-state index in [1.807, 2.05) is 18.3 Å². The zero-order valence-electron chi connectivity index (χ0n) is 8.75. The molecule has 17 heavy (non-hydrogen) atoms. The van der Waals surface area contributed by atoms with E-state index in [-0.39, 0.29) is 0 Å². The van der Waals surface area contributed by atoms with Crippen LogP contribution in [0.1, 0.15) is 0 Å². The third-order valence-electron chi connectivity index (χ3n) is 2.91. The molecule has 5 heteroatoms. The van der Waals surface area contributed by atoms with Crippen molar-refractivity contribution in [3.05, 3.63) is 37.2 Å². The highest BCUT2D eigenvalue weighted by atomic mass is 14.9. The van der Waals surface area contributed by atoms with Gasteiger partial charge in [-0.2, -0.15) is 0 Å². The maximum absolute atomic E-state index is 4.34. The molecule has 0 saturated carbocycles. The number of benzene rings is 1. The van der Waals surface area contributed by atoms with E-state index < -0.39 is 0 Å². The predicted octanol–water partition coefficient (Wildman–Crippen LogP) is 2.05. The number of H-pyrrole nitrogens is 1. The smallest absolute Gasteiger partial charge is 0.117 e. The van der Waals surface area contributed by atoms with Crippen molar-refractivity contribution < 1.29 is 0 Å². The fourth-order valence-electron chi connectivity index (χ4n) is 2.19. The summed E-state index contributed by atoms with van der Waals surface area (Å²) < 4.78 is 0. The Morgan fingerprint density at radius 2 is 1.76 bits per heavy atom. The lowest BCUT2D eigenvalue weighted by molar-refractivity contribution is 1.23. The maximum atomic E-state index is 4.34.